The average molecular weight is 338 g/mol. The maximum Gasteiger partial charge on any atom is 0.214 e. The summed E-state index contributed by atoms with van der Waals surface area (Å²) in [5, 5.41) is 6.45. The minimum Gasteiger partial charge on any atom is -0.355 e. The molecule has 1 aromatic rings. The van der Waals surface area contributed by atoms with Crippen molar-refractivity contribution in [1.29, 1.82) is 0 Å². The molecule has 0 atom stereocenters. The second-order valence-electron chi connectivity index (χ2n) is 5.54. The fourth-order valence-electron chi connectivity index (χ4n) is 2.72. The van der Waals surface area contributed by atoms with Gasteiger partial charge < -0.3 is 10.6 Å². The van der Waals surface area contributed by atoms with Crippen molar-refractivity contribution in [3.05, 3.63) is 35.4 Å². The summed E-state index contributed by atoms with van der Waals surface area (Å²) < 4.78 is 25.0. The molecule has 2 rings (SSSR count). The molecule has 1 aliphatic heterocycles. The van der Waals surface area contributed by atoms with Crippen LogP contribution in [0, 0.1) is 0 Å². The summed E-state index contributed by atoms with van der Waals surface area (Å²) in [4.78, 5) is 4.19. The van der Waals surface area contributed by atoms with Crippen molar-refractivity contribution >= 4 is 16.0 Å². The molecule has 0 aromatic heterocycles. The Labute approximate surface area is 139 Å². The van der Waals surface area contributed by atoms with E-state index in [1.54, 1.807) is 11.4 Å². The number of guanidine groups is 1. The summed E-state index contributed by atoms with van der Waals surface area (Å²) in [5.41, 5.74) is 2.57. The Hall–Kier alpha value is -1.60. The van der Waals surface area contributed by atoms with E-state index in [1.165, 1.54) is 11.1 Å². The van der Waals surface area contributed by atoms with Gasteiger partial charge in [-0.15, -0.1) is 0 Å². The van der Waals surface area contributed by atoms with Gasteiger partial charge in [0.2, 0.25) is 10.0 Å². The molecule has 128 valence electrons. The third kappa shape index (κ3) is 4.94. The van der Waals surface area contributed by atoms with E-state index in [9.17, 15) is 8.42 Å². The summed E-state index contributed by atoms with van der Waals surface area (Å²) in [6.45, 7) is 4.50. The Morgan fingerprint density at radius 3 is 2.61 bits per heavy atom. The van der Waals surface area contributed by atoms with Gasteiger partial charge in [-0.3, -0.25) is 4.99 Å². The van der Waals surface area contributed by atoms with E-state index in [-0.39, 0.29) is 5.75 Å². The van der Waals surface area contributed by atoms with E-state index in [0.717, 1.165) is 12.8 Å². The Balaban J connectivity index is 1.80. The van der Waals surface area contributed by atoms with E-state index >= 15 is 0 Å². The van der Waals surface area contributed by atoms with E-state index < -0.39 is 10.0 Å². The predicted octanol–water partition coefficient (Wildman–Crippen LogP) is 0.950. The molecule has 23 heavy (non-hydrogen) atoms. The van der Waals surface area contributed by atoms with E-state index in [0.29, 0.717) is 32.1 Å². The first-order valence-electron chi connectivity index (χ1n) is 8.06. The van der Waals surface area contributed by atoms with Crippen LogP contribution in [0.4, 0.5) is 0 Å². The minimum absolute atomic E-state index is 0.272. The molecular weight excluding hydrogens is 312 g/mol. The van der Waals surface area contributed by atoms with Crippen LogP contribution in [0.15, 0.2) is 29.3 Å². The SMILES string of the molecule is CCc1ccccc1CNC(=NC)NCCN1CCCS1(=O)=O. The molecular formula is C16H26N4O2S. The molecule has 0 saturated carbocycles. The number of hydrogen-bond donors (Lipinski definition) is 2. The van der Waals surface area contributed by atoms with Gasteiger partial charge in [0.15, 0.2) is 5.96 Å². The summed E-state index contributed by atoms with van der Waals surface area (Å²) in [6.07, 6.45) is 1.72. The highest BCUT2D eigenvalue weighted by Gasteiger charge is 2.27. The minimum atomic E-state index is -3.02. The number of hydrogen-bond acceptors (Lipinski definition) is 3. The number of aliphatic imine (C=N–C) groups is 1. The van der Waals surface area contributed by atoms with Gasteiger partial charge in [0, 0.05) is 33.2 Å². The summed E-state index contributed by atoms with van der Waals surface area (Å²) in [7, 11) is -1.31. The van der Waals surface area contributed by atoms with Crippen LogP contribution >= 0.6 is 0 Å². The van der Waals surface area contributed by atoms with Crippen LogP contribution in [0.1, 0.15) is 24.5 Å². The molecule has 1 aromatic carbocycles. The molecule has 0 unspecified atom stereocenters. The maximum absolute atomic E-state index is 11.7. The third-order valence-electron chi connectivity index (χ3n) is 4.03. The molecule has 0 bridgehead atoms. The van der Waals surface area contributed by atoms with E-state index in [2.05, 4.69) is 34.7 Å². The topological polar surface area (TPSA) is 73.8 Å². The molecule has 0 radical (unpaired) electrons. The number of nitrogens with one attached hydrogen (secondary N) is 2. The Bertz CT molecular complexity index is 643. The normalized spacial score (nSPS) is 18.1. The lowest BCUT2D eigenvalue weighted by atomic mass is 10.1. The highest BCUT2D eigenvalue weighted by Crippen LogP contribution is 2.12. The Kier molecular flexibility index (Phi) is 6.41. The molecule has 0 aliphatic carbocycles. The van der Waals surface area contributed by atoms with Gasteiger partial charge in [-0.2, -0.15) is 0 Å². The number of benzene rings is 1. The monoisotopic (exact) mass is 338 g/mol. The first kappa shape index (κ1) is 17.7. The first-order valence-corrected chi connectivity index (χ1v) is 9.67. The van der Waals surface area contributed by atoms with E-state index in [1.807, 2.05) is 12.1 Å². The molecule has 0 amide bonds. The van der Waals surface area contributed by atoms with Crippen molar-refractivity contribution in [2.75, 3.05) is 32.4 Å². The van der Waals surface area contributed by atoms with Gasteiger partial charge in [-0.25, -0.2) is 12.7 Å². The summed E-state index contributed by atoms with van der Waals surface area (Å²) >= 11 is 0. The van der Waals surface area contributed by atoms with Crippen LogP contribution in [-0.4, -0.2) is 51.1 Å². The zero-order valence-electron chi connectivity index (χ0n) is 13.9. The van der Waals surface area contributed by atoms with Crippen molar-refractivity contribution in [3.8, 4) is 0 Å². The number of nitrogens with zero attached hydrogens (tertiary/aromatic N) is 2. The van der Waals surface area contributed by atoms with Crippen LogP contribution in [0.3, 0.4) is 0 Å². The first-order chi connectivity index (χ1) is 11.1. The molecule has 0 spiro atoms. The summed E-state index contributed by atoms with van der Waals surface area (Å²) in [6, 6.07) is 8.32. The smallest absolute Gasteiger partial charge is 0.214 e. The van der Waals surface area contributed by atoms with Crippen molar-refractivity contribution < 1.29 is 8.42 Å². The van der Waals surface area contributed by atoms with Gasteiger partial charge in [0.1, 0.15) is 0 Å². The molecule has 1 heterocycles. The molecule has 7 heteroatoms. The molecule has 6 nitrogen and oxygen atoms in total. The second-order valence-corrected chi connectivity index (χ2v) is 7.63. The zero-order valence-corrected chi connectivity index (χ0v) is 14.7. The lowest BCUT2D eigenvalue weighted by molar-refractivity contribution is 0.445. The van der Waals surface area contributed by atoms with Crippen molar-refractivity contribution in [3.63, 3.8) is 0 Å². The standard InChI is InChI=1S/C16H26N4O2S/c1-3-14-7-4-5-8-15(14)13-19-16(17-2)18-9-11-20-10-6-12-23(20,21)22/h4-5,7-8H,3,6,9-13H2,1-2H3,(H2,17,18,19). The molecule has 1 aliphatic rings. The highest BCUT2D eigenvalue weighted by molar-refractivity contribution is 7.89. The van der Waals surface area contributed by atoms with E-state index in [4.69, 9.17) is 0 Å². The van der Waals surface area contributed by atoms with Crippen LogP contribution in [0.2, 0.25) is 0 Å². The number of rotatable bonds is 6. The van der Waals surface area contributed by atoms with Crippen LogP contribution in [-0.2, 0) is 23.0 Å². The lowest BCUT2D eigenvalue weighted by Crippen LogP contribution is -2.41. The largest absolute Gasteiger partial charge is 0.355 e. The van der Waals surface area contributed by atoms with Crippen LogP contribution in [0.25, 0.3) is 0 Å². The fourth-order valence-corrected chi connectivity index (χ4v) is 4.24. The van der Waals surface area contributed by atoms with Gasteiger partial charge in [-0.05, 0) is 24.0 Å². The molecule has 1 fully saturated rings. The molecule has 2 N–H and O–H groups in total. The Morgan fingerprint density at radius 2 is 2.00 bits per heavy atom. The van der Waals surface area contributed by atoms with Gasteiger partial charge in [0.25, 0.3) is 0 Å². The lowest BCUT2D eigenvalue weighted by Gasteiger charge is -2.17. The van der Waals surface area contributed by atoms with Crippen LogP contribution < -0.4 is 10.6 Å². The molecule has 1 saturated heterocycles. The number of aryl methyl sites for hydroxylation is 1. The predicted molar refractivity (Wildman–Crippen MR) is 94.0 cm³/mol. The Morgan fingerprint density at radius 1 is 1.26 bits per heavy atom. The quantitative estimate of drug-likeness (QED) is 0.598. The van der Waals surface area contributed by atoms with Gasteiger partial charge in [0.05, 0.1) is 5.75 Å². The van der Waals surface area contributed by atoms with Crippen molar-refractivity contribution in [1.82, 2.24) is 14.9 Å². The second kappa shape index (κ2) is 8.31. The zero-order chi connectivity index (χ0) is 16.7. The van der Waals surface area contributed by atoms with Crippen LogP contribution in [0.5, 0.6) is 0 Å². The third-order valence-corrected chi connectivity index (χ3v) is 5.98. The van der Waals surface area contributed by atoms with Crippen molar-refractivity contribution in [2.45, 2.75) is 26.3 Å². The fraction of sp³-hybridized carbons (Fsp3) is 0.562. The number of sulfonamides is 1. The summed E-state index contributed by atoms with van der Waals surface area (Å²) in [5.74, 6) is 0.959. The average Bonchev–Trinajstić information content (AvgIpc) is 2.89. The maximum atomic E-state index is 11.7. The van der Waals surface area contributed by atoms with Crippen molar-refractivity contribution in [2.24, 2.45) is 4.99 Å². The van der Waals surface area contributed by atoms with Gasteiger partial charge in [-0.1, -0.05) is 31.2 Å². The van der Waals surface area contributed by atoms with Gasteiger partial charge >= 0.3 is 0 Å². The highest BCUT2D eigenvalue weighted by atomic mass is 32.2.